The predicted octanol–water partition coefficient (Wildman–Crippen LogP) is 8.85. The van der Waals surface area contributed by atoms with Crippen molar-refractivity contribution < 1.29 is 9.13 Å². The van der Waals surface area contributed by atoms with Crippen molar-refractivity contribution in [3.63, 3.8) is 0 Å². The number of hydrogen-bond acceptors (Lipinski definition) is 1. The van der Waals surface area contributed by atoms with E-state index in [1.807, 2.05) is 25.1 Å². The summed E-state index contributed by atoms with van der Waals surface area (Å²) in [5, 5.41) is 0. The van der Waals surface area contributed by atoms with Crippen LogP contribution in [0.2, 0.25) is 0 Å². The second-order valence-electron chi connectivity index (χ2n) is 10.8. The van der Waals surface area contributed by atoms with Gasteiger partial charge < -0.3 is 4.74 Å². The number of fused-ring (bicyclic) bond motifs is 1. The zero-order valence-electron chi connectivity index (χ0n) is 20.1. The SMILES string of the molecule is C=CCCC1CCC2CC(C3CCC(c4ccc(OC/C=C/C)c(F)c4)CC3)CCC2C1. The lowest BCUT2D eigenvalue weighted by atomic mass is 9.60. The van der Waals surface area contributed by atoms with E-state index in [1.165, 1.54) is 82.6 Å². The number of rotatable bonds is 8. The molecule has 3 saturated carbocycles. The van der Waals surface area contributed by atoms with Crippen molar-refractivity contribution in [3.05, 3.63) is 54.4 Å². The molecule has 0 radical (unpaired) electrons. The summed E-state index contributed by atoms with van der Waals surface area (Å²) in [7, 11) is 0. The highest BCUT2D eigenvalue weighted by molar-refractivity contribution is 5.31. The minimum atomic E-state index is -0.212. The van der Waals surface area contributed by atoms with Crippen LogP contribution in [0.4, 0.5) is 4.39 Å². The van der Waals surface area contributed by atoms with Gasteiger partial charge in [0, 0.05) is 0 Å². The van der Waals surface area contributed by atoms with Gasteiger partial charge in [0.15, 0.2) is 11.6 Å². The van der Waals surface area contributed by atoms with Crippen LogP contribution in [0.3, 0.4) is 0 Å². The summed E-state index contributed by atoms with van der Waals surface area (Å²) in [6, 6.07) is 5.65. The largest absolute Gasteiger partial charge is 0.486 e. The van der Waals surface area contributed by atoms with Crippen LogP contribution in [0, 0.1) is 35.4 Å². The number of ether oxygens (including phenoxy) is 1. The molecule has 1 aromatic carbocycles. The van der Waals surface area contributed by atoms with Gasteiger partial charge in [0.2, 0.25) is 0 Å². The monoisotopic (exact) mass is 438 g/mol. The van der Waals surface area contributed by atoms with E-state index in [0.717, 1.165) is 29.6 Å². The first-order valence-electron chi connectivity index (χ1n) is 13.3. The fraction of sp³-hybridized carbons (Fsp3) is 0.667. The second kappa shape index (κ2) is 11.5. The van der Waals surface area contributed by atoms with Crippen molar-refractivity contribution in [2.45, 2.75) is 89.9 Å². The average molecular weight is 439 g/mol. The van der Waals surface area contributed by atoms with Crippen molar-refractivity contribution >= 4 is 0 Å². The third-order valence-electron chi connectivity index (χ3n) is 8.98. The highest BCUT2D eigenvalue weighted by Crippen LogP contribution is 2.50. The van der Waals surface area contributed by atoms with Crippen molar-refractivity contribution in [2.75, 3.05) is 6.61 Å². The van der Waals surface area contributed by atoms with Crippen LogP contribution in [0.5, 0.6) is 5.75 Å². The van der Waals surface area contributed by atoms with Crippen LogP contribution in [0.15, 0.2) is 43.0 Å². The van der Waals surface area contributed by atoms with Crippen molar-refractivity contribution in [2.24, 2.45) is 29.6 Å². The van der Waals surface area contributed by atoms with Crippen LogP contribution < -0.4 is 4.74 Å². The molecule has 0 saturated heterocycles. The Hall–Kier alpha value is -1.57. The Bertz CT molecular complexity index is 760. The third-order valence-corrected chi connectivity index (χ3v) is 8.98. The van der Waals surface area contributed by atoms with Gasteiger partial charge in [-0.25, -0.2) is 4.39 Å². The molecule has 0 amide bonds. The predicted molar refractivity (Wildman–Crippen MR) is 133 cm³/mol. The first-order chi connectivity index (χ1) is 15.7. The molecule has 32 heavy (non-hydrogen) atoms. The Morgan fingerprint density at radius 1 is 0.938 bits per heavy atom. The van der Waals surface area contributed by atoms with E-state index in [2.05, 4.69) is 18.7 Å². The number of hydrogen-bond donors (Lipinski definition) is 0. The molecule has 0 spiro atoms. The van der Waals surface area contributed by atoms with Gasteiger partial charge in [-0.15, -0.1) is 6.58 Å². The average Bonchev–Trinajstić information content (AvgIpc) is 2.83. The molecule has 0 N–H and O–H groups in total. The van der Waals surface area contributed by atoms with Crippen LogP contribution in [-0.2, 0) is 0 Å². The summed E-state index contributed by atoms with van der Waals surface area (Å²) in [6.45, 7) is 6.28. The molecule has 1 aromatic rings. The molecule has 1 nitrogen and oxygen atoms in total. The van der Waals surface area contributed by atoms with Crippen LogP contribution in [0.1, 0.15) is 95.5 Å². The van der Waals surface area contributed by atoms with E-state index in [1.54, 1.807) is 6.07 Å². The third kappa shape index (κ3) is 5.86. The smallest absolute Gasteiger partial charge is 0.165 e. The minimum Gasteiger partial charge on any atom is -0.486 e. The van der Waals surface area contributed by atoms with Gasteiger partial charge in [-0.05, 0) is 131 Å². The Balaban J connectivity index is 1.25. The number of allylic oxidation sites excluding steroid dienone is 2. The van der Waals surface area contributed by atoms with Crippen molar-refractivity contribution in [1.29, 1.82) is 0 Å². The molecule has 3 fully saturated rings. The molecule has 3 aliphatic carbocycles. The van der Waals surface area contributed by atoms with Gasteiger partial charge in [-0.2, -0.15) is 0 Å². The van der Waals surface area contributed by atoms with Gasteiger partial charge in [0.05, 0.1) is 0 Å². The van der Waals surface area contributed by atoms with Gasteiger partial charge in [-0.3, -0.25) is 0 Å². The highest BCUT2D eigenvalue weighted by atomic mass is 19.1. The van der Waals surface area contributed by atoms with Gasteiger partial charge in [0.1, 0.15) is 6.61 Å². The van der Waals surface area contributed by atoms with E-state index < -0.39 is 0 Å². The molecule has 4 unspecified atom stereocenters. The van der Waals surface area contributed by atoms with Gasteiger partial charge in [0.25, 0.3) is 0 Å². The Labute approximate surface area is 195 Å². The van der Waals surface area contributed by atoms with Crippen LogP contribution in [-0.4, -0.2) is 6.61 Å². The minimum absolute atomic E-state index is 0.212. The molecular weight excluding hydrogens is 395 g/mol. The zero-order valence-corrected chi connectivity index (χ0v) is 20.1. The molecule has 3 aliphatic rings. The number of benzene rings is 1. The maximum Gasteiger partial charge on any atom is 0.165 e. The topological polar surface area (TPSA) is 9.23 Å². The first kappa shape index (κ1) is 23.6. The molecule has 4 atom stereocenters. The second-order valence-corrected chi connectivity index (χ2v) is 10.8. The van der Waals surface area contributed by atoms with E-state index in [9.17, 15) is 4.39 Å². The Morgan fingerprint density at radius 2 is 1.62 bits per heavy atom. The van der Waals surface area contributed by atoms with Gasteiger partial charge in [-0.1, -0.05) is 30.7 Å². The van der Waals surface area contributed by atoms with E-state index in [4.69, 9.17) is 4.74 Å². The van der Waals surface area contributed by atoms with E-state index in [0.29, 0.717) is 18.3 Å². The lowest BCUT2D eigenvalue weighted by molar-refractivity contribution is 0.0621. The maximum absolute atomic E-state index is 14.5. The van der Waals surface area contributed by atoms with Crippen molar-refractivity contribution in [3.8, 4) is 5.75 Å². The molecule has 0 heterocycles. The normalized spacial score (nSPS) is 33.1. The summed E-state index contributed by atoms with van der Waals surface area (Å²) < 4.78 is 20.0. The zero-order chi connectivity index (χ0) is 22.3. The molecular formula is C30H43FO. The lowest BCUT2D eigenvalue weighted by Gasteiger charge is -2.45. The van der Waals surface area contributed by atoms with Crippen LogP contribution in [0.25, 0.3) is 0 Å². The molecule has 2 heteroatoms. The molecule has 176 valence electrons. The molecule has 4 rings (SSSR count). The maximum atomic E-state index is 14.5. The first-order valence-corrected chi connectivity index (χ1v) is 13.3. The highest BCUT2D eigenvalue weighted by Gasteiger charge is 2.38. The number of halogens is 1. The quantitative estimate of drug-likeness (QED) is 0.368. The fourth-order valence-electron chi connectivity index (χ4n) is 7.11. The Morgan fingerprint density at radius 3 is 2.34 bits per heavy atom. The van der Waals surface area contributed by atoms with Crippen molar-refractivity contribution in [1.82, 2.24) is 0 Å². The molecule has 0 aliphatic heterocycles. The Kier molecular flexibility index (Phi) is 8.49. The summed E-state index contributed by atoms with van der Waals surface area (Å²) in [4.78, 5) is 0. The summed E-state index contributed by atoms with van der Waals surface area (Å²) in [6.07, 6.45) is 22.4. The summed E-state index contributed by atoms with van der Waals surface area (Å²) in [5.74, 6) is 5.48. The van der Waals surface area contributed by atoms with Gasteiger partial charge >= 0.3 is 0 Å². The standard InChI is InChI=1S/C30H43FO/c1-3-5-7-22-8-9-27-20-26(15-14-25(27)19-22)23-10-12-24(13-11-23)28-16-17-30(29(31)21-28)32-18-6-4-2/h3-4,6,16-17,21-27H,1,5,7-15,18-20H2,2H3/b6-4+. The molecule has 0 aromatic heterocycles. The van der Waals surface area contributed by atoms with Crippen LogP contribution >= 0.6 is 0 Å². The van der Waals surface area contributed by atoms with E-state index in [-0.39, 0.29) is 5.82 Å². The summed E-state index contributed by atoms with van der Waals surface area (Å²) in [5.41, 5.74) is 1.17. The fourth-order valence-corrected chi connectivity index (χ4v) is 7.11. The summed E-state index contributed by atoms with van der Waals surface area (Å²) >= 11 is 0. The lowest BCUT2D eigenvalue weighted by Crippen LogP contribution is -2.34. The van der Waals surface area contributed by atoms with E-state index >= 15 is 0 Å². The molecule has 0 bridgehead atoms.